The molecule has 1 atom stereocenters. The Bertz CT molecular complexity index is 563. The molecule has 1 heterocycles. The Kier molecular flexibility index (Phi) is 3.75. The van der Waals surface area contributed by atoms with Crippen LogP contribution < -0.4 is 5.73 Å². The van der Waals surface area contributed by atoms with Gasteiger partial charge >= 0.3 is 0 Å². The van der Waals surface area contributed by atoms with Gasteiger partial charge in [0.05, 0.1) is 23.7 Å². The monoisotopic (exact) mass is 240 g/mol. The van der Waals surface area contributed by atoms with Crippen molar-refractivity contribution in [1.29, 1.82) is 5.26 Å². The minimum Gasteiger partial charge on any atom is -0.333 e. The van der Waals surface area contributed by atoms with E-state index < -0.39 is 0 Å². The van der Waals surface area contributed by atoms with E-state index in [9.17, 15) is 0 Å². The van der Waals surface area contributed by atoms with Crippen LogP contribution in [0.25, 0.3) is 0 Å². The SMILES string of the molecule is CC(N)Cc1cn(Cc2cccc(C#N)c2)cn1. The minimum atomic E-state index is 0.121. The lowest BCUT2D eigenvalue weighted by molar-refractivity contribution is 0.723. The molecule has 0 aliphatic carbocycles. The lowest BCUT2D eigenvalue weighted by Crippen LogP contribution is -2.17. The lowest BCUT2D eigenvalue weighted by Gasteiger charge is -2.03. The molecule has 0 bridgehead atoms. The summed E-state index contributed by atoms with van der Waals surface area (Å²) in [5, 5.41) is 8.85. The van der Waals surface area contributed by atoms with Gasteiger partial charge in [0.25, 0.3) is 0 Å². The molecule has 0 spiro atoms. The maximum Gasteiger partial charge on any atom is 0.0991 e. The molecular formula is C14H16N4. The van der Waals surface area contributed by atoms with E-state index in [1.807, 2.05) is 35.9 Å². The summed E-state index contributed by atoms with van der Waals surface area (Å²) in [6, 6.07) is 9.86. The maximum absolute atomic E-state index is 8.85. The Morgan fingerprint density at radius 1 is 1.50 bits per heavy atom. The third-order valence-corrected chi connectivity index (χ3v) is 2.64. The van der Waals surface area contributed by atoms with Crippen molar-refractivity contribution in [2.45, 2.75) is 25.9 Å². The number of nitriles is 1. The van der Waals surface area contributed by atoms with Crippen molar-refractivity contribution in [2.24, 2.45) is 5.73 Å². The fourth-order valence-electron chi connectivity index (χ4n) is 1.88. The zero-order chi connectivity index (χ0) is 13.0. The number of rotatable bonds is 4. The van der Waals surface area contributed by atoms with Gasteiger partial charge in [0.2, 0.25) is 0 Å². The summed E-state index contributed by atoms with van der Waals surface area (Å²) in [7, 11) is 0. The van der Waals surface area contributed by atoms with Gasteiger partial charge in [0.1, 0.15) is 0 Å². The summed E-state index contributed by atoms with van der Waals surface area (Å²) in [6.07, 6.45) is 4.59. The highest BCUT2D eigenvalue weighted by Gasteiger charge is 2.03. The minimum absolute atomic E-state index is 0.121. The zero-order valence-electron chi connectivity index (χ0n) is 10.4. The highest BCUT2D eigenvalue weighted by atomic mass is 15.0. The van der Waals surface area contributed by atoms with Crippen molar-refractivity contribution in [3.63, 3.8) is 0 Å². The number of aromatic nitrogens is 2. The standard InChI is InChI=1S/C14H16N4/c1-11(16)5-14-9-18(10-17-14)8-13-4-2-3-12(6-13)7-15/h2-4,6,9-11H,5,8,16H2,1H3. The fraction of sp³-hybridized carbons (Fsp3) is 0.286. The molecule has 1 aromatic heterocycles. The summed E-state index contributed by atoms with van der Waals surface area (Å²) < 4.78 is 2.01. The van der Waals surface area contributed by atoms with E-state index in [1.54, 1.807) is 12.4 Å². The summed E-state index contributed by atoms with van der Waals surface area (Å²) in [6.45, 7) is 2.69. The van der Waals surface area contributed by atoms with E-state index in [-0.39, 0.29) is 6.04 Å². The molecule has 0 saturated carbocycles. The van der Waals surface area contributed by atoms with Gasteiger partial charge in [0, 0.05) is 25.2 Å². The molecule has 18 heavy (non-hydrogen) atoms. The van der Waals surface area contributed by atoms with E-state index in [2.05, 4.69) is 11.1 Å². The highest BCUT2D eigenvalue weighted by molar-refractivity contribution is 5.32. The van der Waals surface area contributed by atoms with Gasteiger partial charge in [-0.2, -0.15) is 5.26 Å². The molecule has 0 amide bonds. The predicted molar refractivity (Wildman–Crippen MR) is 69.8 cm³/mol. The Balaban J connectivity index is 2.09. The van der Waals surface area contributed by atoms with Gasteiger partial charge < -0.3 is 10.3 Å². The largest absolute Gasteiger partial charge is 0.333 e. The van der Waals surface area contributed by atoms with Crippen LogP contribution in [0.2, 0.25) is 0 Å². The molecule has 2 rings (SSSR count). The summed E-state index contributed by atoms with van der Waals surface area (Å²) in [4.78, 5) is 4.31. The average Bonchev–Trinajstić information content (AvgIpc) is 2.76. The molecule has 0 aliphatic heterocycles. The first-order valence-corrected chi connectivity index (χ1v) is 5.92. The van der Waals surface area contributed by atoms with Gasteiger partial charge in [-0.05, 0) is 24.6 Å². The molecule has 2 N–H and O–H groups in total. The van der Waals surface area contributed by atoms with E-state index >= 15 is 0 Å². The van der Waals surface area contributed by atoms with Crippen molar-refractivity contribution in [3.05, 3.63) is 53.6 Å². The molecule has 4 heteroatoms. The van der Waals surface area contributed by atoms with E-state index in [4.69, 9.17) is 11.0 Å². The van der Waals surface area contributed by atoms with Crippen LogP contribution in [-0.4, -0.2) is 15.6 Å². The molecule has 0 radical (unpaired) electrons. The maximum atomic E-state index is 8.85. The third kappa shape index (κ3) is 3.19. The third-order valence-electron chi connectivity index (χ3n) is 2.64. The summed E-state index contributed by atoms with van der Waals surface area (Å²) in [5.74, 6) is 0. The second kappa shape index (κ2) is 5.48. The number of imidazole rings is 1. The van der Waals surface area contributed by atoms with Crippen molar-refractivity contribution in [3.8, 4) is 6.07 Å². The molecule has 0 fully saturated rings. The van der Waals surface area contributed by atoms with Crippen molar-refractivity contribution in [2.75, 3.05) is 0 Å². The van der Waals surface area contributed by atoms with Crippen molar-refractivity contribution in [1.82, 2.24) is 9.55 Å². The summed E-state index contributed by atoms with van der Waals surface area (Å²) in [5.41, 5.74) is 8.52. The van der Waals surface area contributed by atoms with Crippen molar-refractivity contribution < 1.29 is 0 Å². The number of benzene rings is 1. The Labute approximate surface area is 107 Å². The van der Waals surface area contributed by atoms with Crippen molar-refractivity contribution >= 4 is 0 Å². The second-order valence-electron chi connectivity index (χ2n) is 4.53. The molecule has 0 aliphatic rings. The Morgan fingerprint density at radius 3 is 3.06 bits per heavy atom. The number of hydrogen-bond donors (Lipinski definition) is 1. The predicted octanol–water partition coefficient (Wildman–Crippen LogP) is 1.69. The Hall–Kier alpha value is -2.12. The molecular weight excluding hydrogens is 224 g/mol. The van der Waals surface area contributed by atoms with Crippen LogP contribution >= 0.6 is 0 Å². The summed E-state index contributed by atoms with van der Waals surface area (Å²) >= 11 is 0. The molecule has 1 unspecified atom stereocenters. The number of nitrogens with two attached hydrogens (primary N) is 1. The van der Waals surface area contributed by atoms with Gasteiger partial charge in [-0.3, -0.25) is 0 Å². The average molecular weight is 240 g/mol. The van der Waals surface area contributed by atoms with Crippen LogP contribution in [-0.2, 0) is 13.0 Å². The van der Waals surface area contributed by atoms with Crippen LogP contribution in [0.5, 0.6) is 0 Å². The number of nitrogens with zero attached hydrogens (tertiary/aromatic N) is 3. The topological polar surface area (TPSA) is 67.6 Å². The van der Waals surface area contributed by atoms with Crippen LogP contribution in [0, 0.1) is 11.3 Å². The van der Waals surface area contributed by atoms with Gasteiger partial charge in [-0.15, -0.1) is 0 Å². The molecule has 2 aromatic rings. The quantitative estimate of drug-likeness (QED) is 0.884. The van der Waals surface area contributed by atoms with Crippen LogP contribution in [0.1, 0.15) is 23.7 Å². The van der Waals surface area contributed by atoms with E-state index in [0.29, 0.717) is 5.56 Å². The van der Waals surface area contributed by atoms with E-state index in [0.717, 1.165) is 24.2 Å². The molecule has 92 valence electrons. The van der Waals surface area contributed by atoms with Gasteiger partial charge in [0.15, 0.2) is 0 Å². The Morgan fingerprint density at radius 2 is 2.33 bits per heavy atom. The first kappa shape index (κ1) is 12.3. The smallest absolute Gasteiger partial charge is 0.0991 e. The first-order chi connectivity index (χ1) is 8.67. The van der Waals surface area contributed by atoms with Crippen LogP contribution in [0.4, 0.5) is 0 Å². The highest BCUT2D eigenvalue weighted by Crippen LogP contribution is 2.08. The second-order valence-corrected chi connectivity index (χ2v) is 4.53. The van der Waals surface area contributed by atoms with Gasteiger partial charge in [-0.1, -0.05) is 12.1 Å². The molecule has 0 saturated heterocycles. The van der Waals surface area contributed by atoms with Crippen LogP contribution in [0.3, 0.4) is 0 Å². The normalized spacial score (nSPS) is 12.1. The van der Waals surface area contributed by atoms with Crippen LogP contribution in [0.15, 0.2) is 36.8 Å². The first-order valence-electron chi connectivity index (χ1n) is 5.92. The number of hydrogen-bond acceptors (Lipinski definition) is 3. The molecule has 1 aromatic carbocycles. The molecule has 4 nitrogen and oxygen atoms in total. The fourth-order valence-corrected chi connectivity index (χ4v) is 1.88. The lowest BCUT2D eigenvalue weighted by atomic mass is 10.1. The van der Waals surface area contributed by atoms with E-state index in [1.165, 1.54) is 0 Å². The van der Waals surface area contributed by atoms with Gasteiger partial charge in [-0.25, -0.2) is 4.98 Å². The zero-order valence-corrected chi connectivity index (χ0v) is 10.4.